The molecule has 0 fully saturated rings. The second-order valence-electron chi connectivity index (χ2n) is 4.53. The molecule has 90 valence electrons. The first-order chi connectivity index (χ1) is 6.63. The standard InChI is InChI=1S/C10H20O4S/c1-7(2)6-9(11)10(8(3)4)14-15(5,12)13/h7-8,10H,6H2,1-5H3. The van der Waals surface area contributed by atoms with Crippen LogP contribution in [-0.4, -0.2) is 26.6 Å². The SMILES string of the molecule is CC(C)CC(=O)C(OS(C)(=O)=O)C(C)C. The van der Waals surface area contributed by atoms with Crippen molar-refractivity contribution in [2.75, 3.05) is 6.26 Å². The molecule has 0 saturated carbocycles. The molecule has 0 aliphatic rings. The molecule has 0 bridgehead atoms. The third kappa shape index (κ3) is 6.62. The zero-order valence-corrected chi connectivity index (χ0v) is 10.8. The van der Waals surface area contributed by atoms with Gasteiger partial charge in [-0.3, -0.25) is 8.98 Å². The Labute approximate surface area is 92.1 Å². The highest BCUT2D eigenvalue weighted by atomic mass is 32.2. The molecule has 0 heterocycles. The molecular weight excluding hydrogens is 216 g/mol. The third-order valence-corrected chi connectivity index (χ3v) is 2.37. The largest absolute Gasteiger partial charge is 0.297 e. The van der Waals surface area contributed by atoms with Gasteiger partial charge in [-0.05, 0) is 11.8 Å². The summed E-state index contributed by atoms with van der Waals surface area (Å²) < 4.78 is 26.7. The molecule has 0 aromatic carbocycles. The van der Waals surface area contributed by atoms with Gasteiger partial charge < -0.3 is 0 Å². The van der Waals surface area contributed by atoms with Crippen LogP contribution in [-0.2, 0) is 19.1 Å². The first kappa shape index (κ1) is 14.6. The van der Waals surface area contributed by atoms with Crippen LogP contribution in [0.3, 0.4) is 0 Å². The van der Waals surface area contributed by atoms with Gasteiger partial charge in [0.1, 0.15) is 6.10 Å². The highest BCUT2D eigenvalue weighted by Gasteiger charge is 2.27. The van der Waals surface area contributed by atoms with Crippen LogP contribution in [0.1, 0.15) is 34.1 Å². The molecule has 0 amide bonds. The molecule has 0 spiro atoms. The van der Waals surface area contributed by atoms with E-state index in [0.29, 0.717) is 6.42 Å². The zero-order valence-electron chi connectivity index (χ0n) is 9.98. The molecule has 15 heavy (non-hydrogen) atoms. The highest BCUT2D eigenvalue weighted by molar-refractivity contribution is 7.86. The van der Waals surface area contributed by atoms with E-state index in [1.54, 1.807) is 13.8 Å². The van der Waals surface area contributed by atoms with E-state index in [2.05, 4.69) is 0 Å². The summed E-state index contributed by atoms with van der Waals surface area (Å²) in [5, 5.41) is 0. The van der Waals surface area contributed by atoms with Crippen molar-refractivity contribution in [3.8, 4) is 0 Å². The first-order valence-electron chi connectivity index (χ1n) is 5.04. The summed E-state index contributed by atoms with van der Waals surface area (Å²) in [6.07, 6.45) is 0.464. The number of hydrogen-bond donors (Lipinski definition) is 0. The van der Waals surface area contributed by atoms with Crippen LogP contribution in [0, 0.1) is 11.8 Å². The normalized spacial score (nSPS) is 14.6. The number of rotatable bonds is 6. The van der Waals surface area contributed by atoms with Gasteiger partial charge in [0.25, 0.3) is 10.1 Å². The summed E-state index contributed by atoms with van der Waals surface area (Å²) in [5.41, 5.74) is 0. The van der Waals surface area contributed by atoms with Crippen molar-refractivity contribution in [2.24, 2.45) is 11.8 Å². The molecule has 0 saturated heterocycles. The molecular formula is C10H20O4S. The average Bonchev–Trinajstić information content (AvgIpc) is 1.96. The third-order valence-electron chi connectivity index (χ3n) is 1.81. The van der Waals surface area contributed by atoms with Gasteiger partial charge >= 0.3 is 0 Å². The first-order valence-corrected chi connectivity index (χ1v) is 6.86. The molecule has 0 rings (SSSR count). The molecule has 1 unspecified atom stereocenters. The smallest absolute Gasteiger partial charge is 0.265 e. The van der Waals surface area contributed by atoms with Crippen molar-refractivity contribution in [2.45, 2.75) is 40.2 Å². The monoisotopic (exact) mass is 236 g/mol. The van der Waals surface area contributed by atoms with Crippen LogP contribution in [0.4, 0.5) is 0 Å². The van der Waals surface area contributed by atoms with E-state index in [0.717, 1.165) is 6.26 Å². The minimum absolute atomic E-state index is 0.133. The molecule has 5 heteroatoms. The summed E-state index contributed by atoms with van der Waals surface area (Å²) in [6, 6.07) is 0. The number of Topliss-reactive ketones (excluding diaryl/α,β-unsaturated/α-hetero) is 1. The Hall–Kier alpha value is -0.420. The fourth-order valence-corrected chi connectivity index (χ4v) is 1.95. The number of ketones is 1. The van der Waals surface area contributed by atoms with E-state index in [1.807, 2.05) is 13.8 Å². The van der Waals surface area contributed by atoms with Crippen LogP contribution in [0.25, 0.3) is 0 Å². The molecule has 4 nitrogen and oxygen atoms in total. The molecule has 0 aromatic heterocycles. The minimum atomic E-state index is -3.57. The van der Waals surface area contributed by atoms with Crippen LogP contribution in [0.2, 0.25) is 0 Å². The summed E-state index contributed by atoms with van der Waals surface area (Å²) in [5.74, 6) is -0.0710. The Morgan fingerprint density at radius 1 is 1.20 bits per heavy atom. The van der Waals surface area contributed by atoms with E-state index >= 15 is 0 Å². The quantitative estimate of drug-likeness (QED) is 0.657. The molecule has 0 aliphatic carbocycles. The summed E-state index contributed by atoms with van der Waals surface area (Å²) in [6.45, 7) is 7.37. The maximum Gasteiger partial charge on any atom is 0.265 e. The van der Waals surface area contributed by atoms with E-state index in [1.165, 1.54) is 0 Å². The van der Waals surface area contributed by atoms with E-state index < -0.39 is 16.2 Å². The second-order valence-corrected chi connectivity index (χ2v) is 6.13. The molecule has 0 N–H and O–H groups in total. The Balaban J connectivity index is 4.61. The second kappa shape index (κ2) is 5.61. The van der Waals surface area contributed by atoms with Gasteiger partial charge in [-0.15, -0.1) is 0 Å². The van der Waals surface area contributed by atoms with Crippen molar-refractivity contribution in [3.05, 3.63) is 0 Å². The lowest BCUT2D eigenvalue weighted by atomic mass is 9.97. The van der Waals surface area contributed by atoms with Crippen LogP contribution in [0.5, 0.6) is 0 Å². The van der Waals surface area contributed by atoms with Crippen molar-refractivity contribution in [3.63, 3.8) is 0 Å². The topological polar surface area (TPSA) is 60.4 Å². The van der Waals surface area contributed by atoms with Gasteiger partial charge in [-0.2, -0.15) is 8.42 Å². The lowest BCUT2D eigenvalue weighted by molar-refractivity contribution is -0.128. The van der Waals surface area contributed by atoms with Crippen molar-refractivity contribution in [1.29, 1.82) is 0 Å². The fourth-order valence-electron chi connectivity index (χ4n) is 1.24. The Morgan fingerprint density at radius 2 is 1.67 bits per heavy atom. The number of carbonyl (C=O) groups excluding carboxylic acids is 1. The zero-order chi connectivity index (χ0) is 12.2. The van der Waals surface area contributed by atoms with E-state index in [9.17, 15) is 13.2 Å². The molecule has 0 radical (unpaired) electrons. The van der Waals surface area contributed by atoms with E-state index in [-0.39, 0.29) is 17.6 Å². The number of hydrogen-bond acceptors (Lipinski definition) is 4. The average molecular weight is 236 g/mol. The molecule has 1 atom stereocenters. The predicted octanol–water partition coefficient (Wildman–Crippen LogP) is 1.60. The predicted molar refractivity (Wildman–Crippen MR) is 59.0 cm³/mol. The summed E-state index contributed by atoms with van der Waals surface area (Å²) in [4.78, 5) is 11.7. The van der Waals surface area contributed by atoms with Crippen molar-refractivity contribution in [1.82, 2.24) is 0 Å². The van der Waals surface area contributed by atoms with Crippen LogP contribution in [0.15, 0.2) is 0 Å². The Morgan fingerprint density at radius 3 is 1.93 bits per heavy atom. The minimum Gasteiger partial charge on any atom is -0.297 e. The van der Waals surface area contributed by atoms with Crippen molar-refractivity contribution < 1.29 is 17.4 Å². The van der Waals surface area contributed by atoms with E-state index in [4.69, 9.17) is 4.18 Å². The lowest BCUT2D eigenvalue weighted by Gasteiger charge is -2.19. The molecule has 0 aliphatic heterocycles. The van der Waals surface area contributed by atoms with Gasteiger partial charge in [0.05, 0.1) is 6.26 Å². The Bertz CT molecular complexity index is 303. The van der Waals surface area contributed by atoms with Gasteiger partial charge in [-0.25, -0.2) is 0 Å². The van der Waals surface area contributed by atoms with Gasteiger partial charge in [0, 0.05) is 6.42 Å². The van der Waals surface area contributed by atoms with Gasteiger partial charge in [0.15, 0.2) is 5.78 Å². The number of carbonyl (C=O) groups is 1. The van der Waals surface area contributed by atoms with Gasteiger partial charge in [-0.1, -0.05) is 27.7 Å². The maximum absolute atomic E-state index is 11.7. The van der Waals surface area contributed by atoms with Crippen molar-refractivity contribution >= 4 is 15.9 Å². The van der Waals surface area contributed by atoms with Gasteiger partial charge in [0.2, 0.25) is 0 Å². The van der Waals surface area contributed by atoms with Crippen LogP contribution >= 0.6 is 0 Å². The molecule has 0 aromatic rings. The summed E-state index contributed by atoms with van der Waals surface area (Å²) in [7, 11) is -3.57. The highest BCUT2D eigenvalue weighted by Crippen LogP contribution is 2.15. The fraction of sp³-hybridized carbons (Fsp3) is 0.900. The van der Waals surface area contributed by atoms with Crippen LogP contribution < -0.4 is 0 Å². The summed E-state index contributed by atoms with van der Waals surface area (Å²) >= 11 is 0. The maximum atomic E-state index is 11.7. The Kier molecular flexibility index (Phi) is 5.45. The lowest BCUT2D eigenvalue weighted by Crippen LogP contribution is -2.32.